The lowest BCUT2D eigenvalue weighted by Crippen LogP contribution is -2.60. The van der Waals surface area contributed by atoms with Crippen LogP contribution in [0, 0.1) is 17.8 Å². The van der Waals surface area contributed by atoms with Gasteiger partial charge >= 0.3 is 0 Å². The van der Waals surface area contributed by atoms with Gasteiger partial charge in [0.15, 0.2) is 15.3 Å². The molecule has 10 nitrogen and oxygen atoms in total. The minimum atomic E-state index is -1.97. The zero-order valence-electron chi connectivity index (χ0n) is 23.9. The Morgan fingerprint density at radius 2 is 1.70 bits per heavy atom. The number of hydrogen-bond acceptors (Lipinski definition) is 8. The summed E-state index contributed by atoms with van der Waals surface area (Å²) in [6.07, 6.45) is 1.92. The number of oxazole rings is 1. The number of rotatable bonds is 5. The first kappa shape index (κ1) is 29.6. The molecule has 0 bridgehead atoms. The minimum absolute atomic E-state index is 0.124. The van der Waals surface area contributed by atoms with Gasteiger partial charge in [-0.15, -0.1) is 23.2 Å². The van der Waals surface area contributed by atoms with Gasteiger partial charge in [-0.2, -0.15) is 0 Å². The molecule has 6 unspecified atom stereocenters. The highest BCUT2D eigenvalue weighted by molar-refractivity contribution is 9.09. The van der Waals surface area contributed by atoms with E-state index in [1.165, 1.54) is 4.90 Å². The maximum absolute atomic E-state index is 14.3. The van der Waals surface area contributed by atoms with E-state index in [1.54, 1.807) is 36.4 Å². The van der Waals surface area contributed by atoms with Crippen molar-refractivity contribution in [3.8, 4) is 11.5 Å². The summed E-state index contributed by atoms with van der Waals surface area (Å²) in [7, 11) is 0. The number of imide groups is 2. The van der Waals surface area contributed by atoms with E-state index in [4.69, 9.17) is 32.0 Å². The van der Waals surface area contributed by atoms with Gasteiger partial charge in [-0.05, 0) is 67.3 Å². The quantitative estimate of drug-likeness (QED) is 0.124. The number of anilines is 1. The summed E-state index contributed by atoms with van der Waals surface area (Å²) >= 11 is 17.6. The Kier molecular flexibility index (Phi) is 6.68. The number of allylic oxidation sites excluding steroid dienone is 2. The summed E-state index contributed by atoms with van der Waals surface area (Å²) in [5.74, 6) is -4.55. The molecule has 0 radical (unpaired) electrons. The molecule has 2 aliphatic heterocycles. The number of amides is 4. The minimum Gasteiger partial charge on any atom is -0.463 e. The number of hydrogen-bond donors (Lipinski definition) is 1. The zero-order chi connectivity index (χ0) is 32.1. The van der Waals surface area contributed by atoms with E-state index < -0.39 is 57.7 Å². The molecule has 8 rings (SSSR count). The van der Waals surface area contributed by atoms with Crippen LogP contribution in [0.25, 0.3) is 22.6 Å². The SMILES string of the molecule is O=C1C2CC=C3C(CC4(Cl)C(=O)N(CBr)C(=O)C4(Cl)C3c3ccc(CO)o3)C2C(=O)N1c1ccc(-c2nc3ccccc3o2)cc1. The Labute approximate surface area is 280 Å². The third-order valence-corrected chi connectivity index (χ3v) is 11.7. The number of halogens is 3. The molecule has 6 atom stereocenters. The number of alkyl halides is 3. The van der Waals surface area contributed by atoms with Crippen LogP contribution in [0.3, 0.4) is 0 Å². The summed E-state index contributed by atoms with van der Waals surface area (Å²) in [5.41, 5.74) is 2.92. The molecule has 1 N–H and O–H groups in total. The second kappa shape index (κ2) is 10.4. The van der Waals surface area contributed by atoms with Crippen molar-refractivity contribution in [3.63, 3.8) is 0 Å². The lowest BCUT2D eigenvalue weighted by molar-refractivity contribution is -0.138. The Balaban J connectivity index is 1.17. The first-order chi connectivity index (χ1) is 22.1. The highest BCUT2D eigenvalue weighted by Crippen LogP contribution is 2.65. The van der Waals surface area contributed by atoms with Crippen molar-refractivity contribution in [1.82, 2.24) is 9.88 Å². The van der Waals surface area contributed by atoms with Gasteiger partial charge in [0, 0.05) is 5.56 Å². The van der Waals surface area contributed by atoms with Crippen LogP contribution in [-0.4, -0.2) is 53.8 Å². The second-order valence-corrected chi connectivity index (χ2v) is 13.7. The van der Waals surface area contributed by atoms with Gasteiger partial charge in [-0.25, -0.2) is 4.98 Å². The highest BCUT2D eigenvalue weighted by Gasteiger charge is 2.76. The largest absolute Gasteiger partial charge is 0.463 e. The van der Waals surface area contributed by atoms with Gasteiger partial charge in [0.25, 0.3) is 11.8 Å². The predicted molar refractivity (Wildman–Crippen MR) is 170 cm³/mol. The van der Waals surface area contributed by atoms with Crippen LogP contribution in [0.15, 0.2) is 81.1 Å². The molecule has 3 fully saturated rings. The normalized spacial score (nSPS) is 30.6. The van der Waals surface area contributed by atoms with Crippen molar-refractivity contribution in [2.45, 2.75) is 35.1 Å². The number of likely N-dealkylation sites (tertiary alicyclic amines) is 1. The summed E-state index contributed by atoms with van der Waals surface area (Å²) in [6.45, 7) is -0.394. The monoisotopic (exact) mass is 723 g/mol. The molecule has 46 heavy (non-hydrogen) atoms. The Morgan fingerprint density at radius 3 is 2.39 bits per heavy atom. The molecule has 4 aliphatic rings. The zero-order valence-corrected chi connectivity index (χ0v) is 27.0. The molecule has 1 saturated carbocycles. The lowest BCUT2D eigenvalue weighted by Gasteiger charge is -2.49. The number of fused-ring (bicyclic) bond motifs is 5. The molecule has 234 valence electrons. The van der Waals surface area contributed by atoms with E-state index in [9.17, 15) is 24.3 Å². The maximum Gasteiger partial charge on any atom is 0.254 e. The van der Waals surface area contributed by atoms with Crippen molar-refractivity contribution in [1.29, 1.82) is 0 Å². The molecule has 4 amide bonds. The van der Waals surface area contributed by atoms with E-state index in [-0.39, 0.29) is 35.7 Å². The smallest absolute Gasteiger partial charge is 0.254 e. The molecule has 4 heterocycles. The van der Waals surface area contributed by atoms with Crippen LogP contribution in [-0.2, 0) is 25.8 Å². The number of nitrogens with zero attached hydrogens (tertiary/aromatic N) is 3. The number of benzene rings is 2. The predicted octanol–water partition coefficient (Wildman–Crippen LogP) is 5.50. The number of carbonyl (C=O) groups is 4. The van der Waals surface area contributed by atoms with E-state index in [2.05, 4.69) is 20.9 Å². The molecule has 2 aromatic carbocycles. The molecular weight excluding hydrogens is 701 g/mol. The van der Waals surface area contributed by atoms with Crippen molar-refractivity contribution < 1.29 is 33.1 Å². The van der Waals surface area contributed by atoms with Crippen molar-refractivity contribution >= 4 is 79.5 Å². The first-order valence-electron chi connectivity index (χ1n) is 14.7. The molecule has 2 aliphatic carbocycles. The van der Waals surface area contributed by atoms with Crippen molar-refractivity contribution in [2.24, 2.45) is 17.8 Å². The first-order valence-corrected chi connectivity index (χ1v) is 16.5. The number of aliphatic hydroxyl groups is 1. The molecule has 2 aromatic heterocycles. The van der Waals surface area contributed by atoms with E-state index in [0.29, 0.717) is 33.8 Å². The summed E-state index contributed by atoms with van der Waals surface area (Å²) in [6, 6.07) is 17.4. The van der Waals surface area contributed by atoms with Gasteiger partial charge in [-0.1, -0.05) is 39.7 Å². The van der Waals surface area contributed by atoms with Crippen molar-refractivity contribution in [3.05, 3.63) is 83.8 Å². The van der Waals surface area contributed by atoms with Crippen LogP contribution in [0.1, 0.15) is 30.3 Å². The second-order valence-electron chi connectivity index (χ2n) is 12.0. The number of furan rings is 1. The average molecular weight is 725 g/mol. The van der Waals surface area contributed by atoms with Crippen molar-refractivity contribution in [2.75, 3.05) is 10.4 Å². The van der Waals surface area contributed by atoms with E-state index in [0.717, 1.165) is 4.90 Å². The van der Waals surface area contributed by atoms with Gasteiger partial charge in [0.05, 0.1) is 28.9 Å². The number of aliphatic hydroxyl groups excluding tert-OH is 1. The Bertz CT molecular complexity index is 1970. The third-order valence-electron chi connectivity index (χ3n) is 9.80. The van der Waals surface area contributed by atoms with Crippen LogP contribution in [0.2, 0.25) is 0 Å². The van der Waals surface area contributed by atoms with Crippen LogP contribution < -0.4 is 4.90 Å². The van der Waals surface area contributed by atoms with E-state index in [1.807, 2.05) is 30.3 Å². The number of aromatic nitrogens is 1. The van der Waals surface area contributed by atoms with Gasteiger partial charge in [-0.3, -0.25) is 29.0 Å². The Hall–Kier alpha value is -3.77. The van der Waals surface area contributed by atoms with Crippen LogP contribution >= 0.6 is 39.1 Å². The topological polar surface area (TPSA) is 134 Å². The summed E-state index contributed by atoms with van der Waals surface area (Å²) < 4.78 is 11.8. The number of para-hydroxylation sites is 2. The lowest BCUT2D eigenvalue weighted by atomic mass is 9.57. The highest BCUT2D eigenvalue weighted by atomic mass is 79.9. The van der Waals surface area contributed by atoms with Gasteiger partial charge in [0.1, 0.15) is 23.6 Å². The fraction of sp³-hybridized carbons (Fsp3) is 0.303. The van der Waals surface area contributed by atoms with Gasteiger partial charge < -0.3 is 13.9 Å². The van der Waals surface area contributed by atoms with Crippen LogP contribution in [0.5, 0.6) is 0 Å². The van der Waals surface area contributed by atoms with E-state index >= 15 is 0 Å². The van der Waals surface area contributed by atoms with Gasteiger partial charge in [0.2, 0.25) is 17.7 Å². The molecule has 4 aromatic rings. The number of carbonyl (C=O) groups excluding carboxylic acids is 4. The van der Waals surface area contributed by atoms with Crippen LogP contribution in [0.4, 0.5) is 5.69 Å². The molecule has 2 saturated heterocycles. The fourth-order valence-electron chi connectivity index (χ4n) is 7.70. The molecular formula is C33H24BrCl2N3O7. The molecule has 13 heteroatoms. The standard InChI is InChI=1S/C33H24BrCl2N3O7/c34-15-38-30(43)32(35)13-21-19(26(33(32,36)31(38)44)24-12-9-18(14-40)45-24)10-11-20-25(21)29(42)39(28(20)41)17-7-5-16(6-8-17)27-37-22-3-1-2-4-23(22)46-27/h1-10,12,20-21,25-26,40H,11,13-15H2. The summed E-state index contributed by atoms with van der Waals surface area (Å²) in [5, 5.41) is 9.70. The third kappa shape index (κ3) is 3.82. The summed E-state index contributed by atoms with van der Waals surface area (Å²) in [4.78, 5) is 58.5. The fourth-order valence-corrected chi connectivity index (χ4v) is 9.11. The molecule has 0 spiro atoms. The average Bonchev–Trinajstić information content (AvgIpc) is 3.80. The Morgan fingerprint density at radius 1 is 0.935 bits per heavy atom. The maximum atomic E-state index is 14.3.